The summed E-state index contributed by atoms with van der Waals surface area (Å²) in [6, 6.07) is 7.17. The zero-order valence-corrected chi connectivity index (χ0v) is 10.3. The molecule has 0 heterocycles. The van der Waals surface area contributed by atoms with Gasteiger partial charge in [0.25, 0.3) is 5.91 Å². The van der Waals surface area contributed by atoms with E-state index in [0.29, 0.717) is 5.56 Å². The van der Waals surface area contributed by atoms with Gasteiger partial charge in [-0.3, -0.25) is 4.79 Å². The molecule has 0 saturated heterocycles. The smallest absolute Gasteiger partial charge is 0.252 e. The number of nitrogens with one attached hydrogen (secondary N) is 1. The van der Waals surface area contributed by atoms with E-state index in [-0.39, 0.29) is 5.91 Å². The lowest BCUT2D eigenvalue weighted by Gasteiger charge is -2.19. The van der Waals surface area contributed by atoms with Gasteiger partial charge in [-0.1, -0.05) is 27.9 Å². The van der Waals surface area contributed by atoms with Crippen LogP contribution in [0.3, 0.4) is 0 Å². The summed E-state index contributed by atoms with van der Waals surface area (Å²) in [5.41, 5.74) is -0.0351. The van der Waals surface area contributed by atoms with Crippen LogP contribution in [0.15, 0.2) is 28.7 Å². The van der Waals surface area contributed by atoms with Gasteiger partial charge in [0, 0.05) is 10.0 Å². The fourth-order valence-corrected chi connectivity index (χ4v) is 1.42. The maximum absolute atomic E-state index is 11.7. The number of terminal acetylenes is 1. The fraction of sp³-hybridized carbons (Fsp3) is 0.250. The Morgan fingerprint density at radius 1 is 1.53 bits per heavy atom. The molecule has 0 saturated carbocycles. The van der Waals surface area contributed by atoms with Crippen LogP contribution in [0.1, 0.15) is 24.2 Å². The lowest BCUT2D eigenvalue weighted by atomic mass is 10.1. The van der Waals surface area contributed by atoms with Gasteiger partial charge >= 0.3 is 0 Å². The molecule has 1 amide bonds. The van der Waals surface area contributed by atoms with E-state index in [4.69, 9.17) is 6.42 Å². The molecule has 78 valence electrons. The van der Waals surface area contributed by atoms with E-state index in [0.717, 1.165) is 4.47 Å². The Balaban J connectivity index is 2.84. The summed E-state index contributed by atoms with van der Waals surface area (Å²) >= 11 is 3.31. The van der Waals surface area contributed by atoms with Gasteiger partial charge in [-0.05, 0) is 32.0 Å². The average Bonchev–Trinajstić information content (AvgIpc) is 2.17. The van der Waals surface area contributed by atoms with Gasteiger partial charge in [0.2, 0.25) is 0 Å². The van der Waals surface area contributed by atoms with Crippen LogP contribution >= 0.6 is 15.9 Å². The number of benzene rings is 1. The summed E-state index contributed by atoms with van der Waals surface area (Å²) in [6.07, 6.45) is 5.29. The Bertz CT molecular complexity index is 418. The SMILES string of the molecule is C#CC(C)(C)NC(=O)c1cccc(Br)c1. The van der Waals surface area contributed by atoms with Gasteiger partial charge in [-0.25, -0.2) is 0 Å². The number of halogens is 1. The van der Waals surface area contributed by atoms with Crippen molar-refractivity contribution < 1.29 is 4.79 Å². The molecule has 0 radical (unpaired) electrons. The van der Waals surface area contributed by atoms with Crippen LogP contribution in [0, 0.1) is 12.3 Å². The largest absolute Gasteiger partial charge is 0.336 e. The number of carbonyl (C=O) groups is 1. The van der Waals surface area contributed by atoms with Gasteiger partial charge in [-0.15, -0.1) is 6.42 Å². The number of amides is 1. The number of carbonyl (C=O) groups excluding carboxylic acids is 1. The maximum atomic E-state index is 11.7. The molecule has 0 bridgehead atoms. The molecule has 15 heavy (non-hydrogen) atoms. The molecule has 1 N–H and O–H groups in total. The van der Waals surface area contributed by atoms with Crippen LogP contribution in [0.2, 0.25) is 0 Å². The van der Waals surface area contributed by atoms with Crippen molar-refractivity contribution >= 4 is 21.8 Å². The molecule has 0 atom stereocenters. The summed E-state index contributed by atoms with van der Waals surface area (Å²) in [5, 5.41) is 2.75. The first-order valence-corrected chi connectivity index (χ1v) is 5.30. The molecule has 0 spiro atoms. The predicted octanol–water partition coefficient (Wildman–Crippen LogP) is 2.59. The zero-order chi connectivity index (χ0) is 11.5. The number of rotatable bonds is 2. The predicted molar refractivity (Wildman–Crippen MR) is 64.5 cm³/mol. The van der Waals surface area contributed by atoms with Gasteiger partial charge in [-0.2, -0.15) is 0 Å². The van der Waals surface area contributed by atoms with Crippen molar-refractivity contribution in [3.63, 3.8) is 0 Å². The van der Waals surface area contributed by atoms with Crippen molar-refractivity contribution in [3.8, 4) is 12.3 Å². The molecular weight excluding hydrogens is 254 g/mol. The maximum Gasteiger partial charge on any atom is 0.252 e. The Morgan fingerprint density at radius 2 is 2.20 bits per heavy atom. The second-order valence-electron chi connectivity index (χ2n) is 3.73. The van der Waals surface area contributed by atoms with Crippen LogP contribution < -0.4 is 5.32 Å². The molecule has 0 aliphatic heterocycles. The molecule has 0 fully saturated rings. The zero-order valence-electron chi connectivity index (χ0n) is 8.67. The normalized spacial score (nSPS) is 10.5. The Morgan fingerprint density at radius 3 is 2.73 bits per heavy atom. The molecule has 0 aliphatic carbocycles. The minimum Gasteiger partial charge on any atom is -0.336 e. The van der Waals surface area contributed by atoms with Crippen LogP contribution in [0.5, 0.6) is 0 Å². The van der Waals surface area contributed by atoms with E-state index in [1.54, 1.807) is 26.0 Å². The minimum absolute atomic E-state index is 0.167. The van der Waals surface area contributed by atoms with E-state index in [2.05, 4.69) is 27.2 Å². The molecule has 0 aliphatic rings. The van der Waals surface area contributed by atoms with Gasteiger partial charge < -0.3 is 5.32 Å². The van der Waals surface area contributed by atoms with E-state index in [9.17, 15) is 4.79 Å². The molecule has 0 unspecified atom stereocenters. The van der Waals surface area contributed by atoms with E-state index < -0.39 is 5.54 Å². The summed E-state index contributed by atoms with van der Waals surface area (Å²) < 4.78 is 0.869. The van der Waals surface area contributed by atoms with Crippen LogP contribution in [0.4, 0.5) is 0 Å². The first-order valence-electron chi connectivity index (χ1n) is 4.50. The van der Waals surface area contributed by atoms with E-state index >= 15 is 0 Å². The number of hydrogen-bond acceptors (Lipinski definition) is 1. The highest BCUT2D eigenvalue weighted by Gasteiger charge is 2.17. The summed E-state index contributed by atoms with van der Waals surface area (Å²) in [5.74, 6) is 2.35. The lowest BCUT2D eigenvalue weighted by Crippen LogP contribution is -2.42. The minimum atomic E-state index is -0.626. The third-order valence-corrected chi connectivity index (χ3v) is 2.37. The van der Waals surface area contributed by atoms with Crippen LogP contribution in [0.25, 0.3) is 0 Å². The second kappa shape index (κ2) is 4.50. The highest BCUT2D eigenvalue weighted by atomic mass is 79.9. The van der Waals surface area contributed by atoms with Crippen molar-refractivity contribution in [2.24, 2.45) is 0 Å². The van der Waals surface area contributed by atoms with Gasteiger partial charge in [0.1, 0.15) is 0 Å². The monoisotopic (exact) mass is 265 g/mol. The Hall–Kier alpha value is -1.27. The fourth-order valence-electron chi connectivity index (χ4n) is 1.02. The topological polar surface area (TPSA) is 29.1 Å². The standard InChI is InChI=1S/C12H12BrNO/c1-4-12(2,3)14-11(15)9-6-5-7-10(13)8-9/h1,5-8H,2-3H3,(H,14,15). The summed E-state index contributed by atoms with van der Waals surface area (Å²) in [7, 11) is 0. The first-order chi connectivity index (χ1) is 6.94. The van der Waals surface area contributed by atoms with Crippen molar-refractivity contribution in [1.82, 2.24) is 5.32 Å². The number of hydrogen-bond donors (Lipinski definition) is 1. The second-order valence-corrected chi connectivity index (χ2v) is 4.65. The highest BCUT2D eigenvalue weighted by Crippen LogP contribution is 2.12. The average molecular weight is 266 g/mol. The third-order valence-electron chi connectivity index (χ3n) is 1.87. The molecular formula is C12H12BrNO. The molecule has 2 nitrogen and oxygen atoms in total. The quantitative estimate of drug-likeness (QED) is 0.819. The molecule has 1 aromatic carbocycles. The summed E-state index contributed by atoms with van der Waals surface area (Å²) in [4.78, 5) is 11.7. The Kier molecular flexibility index (Phi) is 3.54. The molecule has 3 heteroatoms. The summed E-state index contributed by atoms with van der Waals surface area (Å²) in [6.45, 7) is 3.56. The molecule has 1 rings (SSSR count). The van der Waals surface area contributed by atoms with Crippen molar-refractivity contribution in [2.45, 2.75) is 19.4 Å². The molecule has 1 aromatic rings. The lowest BCUT2D eigenvalue weighted by molar-refractivity contribution is 0.0930. The van der Waals surface area contributed by atoms with Crippen LogP contribution in [-0.2, 0) is 0 Å². The van der Waals surface area contributed by atoms with Gasteiger partial charge in [0.15, 0.2) is 0 Å². The molecule has 0 aromatic heterocycles. The highest BCUT2D eigenvalue weighted by molar-refractivity contribution is 9.10. The van der Waals surface area contributed by atoms with Crippen molar-refractivity contribution in [2.75, 3.05) is 0 Å². The third kappa shape index (κ3) is 3.41. The Labute approximate surface area is 98.2 Å². The van der Waals surface area contributed by atoms with E-state index in [1.807, 2.05) is 12.1 Å². The van der Waals surface area contributed by atoms with Gasteiger partial charge in [0.05, 0.1) is 5.54 Å². The van der Waals surface area contributed by atoms with Crippen molar-refractivity contribution in [1.29, 1.82) is 0 Å². The van der Waals surface area contributed by atoms with E-state index in [1.165, 1.54) is 0 Å². The van der Waals surface area contributed by atoms with Crippen LogP contribution in [-0.4, -0.2) is 11.4 Å². The van der Waals surface area contributed by atoms with Crippen molar-refractivity contribution in [3.05, 3.63) is 34.3 Å². The first kappa shape index (κ1) is 11.8.